The van der Waals surface area contributed by atoms with E-state index in [2.05, 4.69) is 10.3 Å². The molecule has 0 atom stereocenters. The van der Waals surface area contributed by atoms with Crippen LogP contribution in [0.15, 0.2) is 29.3 Å². The maximum atomic E-state index is 12.5. The number of amidine groups is 1. The molecule has 2 rings (SSSR count). The summed E-state index contributed by atoms with van der Waals surface area (Å²) in [7, 11) is 0. The van der Waals surface area contributed by atoms with Gasteiger partial charge in [-0.15, -0.1) is 0 Å². The Morgan fingerprint density at radius 2 is 2.00 bits per heavy atom. The molecule has 0 amide bonds. The predicted molar refractivity (Wildman–Crippen MR) is 51.6 cm³/mol. The van der Waals surface area contributed by atoms with E-state index < -0.39 is 0 Å². The third-order valence-electron chi connectivity index (χ3n) is 2.01. The van der Waals surface area contributed by atoms with Crippen molar-refractivity contribution in [1.29, 1.82) is 0 Å². The Hall–Kier alpha value is -1.38. The molecule has 0 unspecified atom stereocenters. The van der Waals surface area contributed by atoms with Gasteiger partial charge in [-0.25, -0.2) is 4.39 Å². The summed E-state index contributed by atoms with van der Waals surface area (Å²) < 4.78 is 12.5. The number of nitrogens with one attached hydrogen (secondary N) is 1. The molecule has 0 saturated carbocycles. The number of halogens is 1. The predicted octanol–water partition coefficient (Wildman–Crippen LogP) is 2.43. The molecular formula is C10H11FN2. The van der Waals surface area contributed by atoms with Crippen molar-refractivity contribution in [2.75, 3.05) is 11.9 Å². The highest BCUT2D eigenvalue weighted by molar-refractivity contribution is 5.96. The number of benzene rings is 1. The van der Waals surface area contributed by atoms with E-state index in [4.69, 9.17) is 0 Å². The van der Waals surface area contributed by atoms with Crippen molar-refractivity contribution in [3.63, 3.8) is 0 Å². The average Bonchev–Trinajstić information content (AvgIpc) is 2.62. The van der Waals surface area contributed by atoms with E-state index in [1.165, 1.54) is 12.1 Å². The molecule has 0 aliphatic carbocycles. The molecule has 1 aromatic carbocycles. The Morgan fingerprint density at radius 1 is 1.23 bits per heavy atom. The smallest absolute Gasteiger partial charge is 0.123 e. The van der Waals surface area contributed by atoms with E-state index in [0.717, 1.165) is 30.9 Å². The highest BCUT2D eigenvalue weighted by atomic mass is 19.1. The van der Waals surface area contributed by atoms with Gasteiger partial charge in [0, 0.05) is 18.7 Å². The topological polar surface area (TPSA) is 24.4 Å². The third-order valence-corrected chi connectivity index (χ3v) is 2.01. The van der Waals surface area contributed by atoms with Crippen molar-refractivity contribution in [1.82, 2.24) is 0 Å². The van der Waals surface area contributed by atoms with Gasteiger partial charge in [0.15, 0.2) is 0 Å². The van der Waals surface area contributed by atoms with Crippen LogP contribution in [-0.4, -0.2) is 12.4 Å². The standard InChI is InChI=1S/C10H11FN2/c11-8-3-5-9(6-4-8)13-10-2-1-7-12-10/h3-6H,1-2,7H2,(H,12,13). The summed E-state index contributed by atoms with van der Waals surface area (Å²) in [6.45, 7) is 0.906. The fraction of sp³-hybridized carbons (Fsp3) is 0.300. The van der Waals surface area contributed by atoms with Crippen LogP contribution in [0, 0.1) is 5.82 Å². The first-order valence-corrected chi connectivity index (χ1v) is 4.40. The largest absolute Gasteiger partial charge is 0.344 e. The van der Waals surface area contributed by atoms with Crippen LogP contribution in [-0.2, 0) is 0 Å². The lowest BCUT2D eigenvalue weighted by molar-refractivity contribution is 0.628. The van der Waals surface area contributed by atoms with Crippen LogP contribution in [0.4, 0.5) is 10.1 Å². The first-order valence-electron chi connectivity index (χ1n) is 4.40. The van der Waals surface area contributed by atoms with Crippen molar-refractivity contribution in [2.24, 2.45) is 4.99 Å². The molecule has 0 bridgehead atoms. The minimum atomic E-state index is -0.209. The van der Waals surface area contributed by atoms with Gasteiger partial charge in [0.25, 0.3) is 0 Å². The van der Waals surface area contributed by atoms with E-state index in [0.29, 0.717) is 0 Å². The number of anilines is 1. The zero-order valence-corrected chi connectivity index (χ0v) is 7.26. The lowest BCUT2D eigenvalue weighted by Crippen LogP contribution is -2.07. The van der Waals surface area contributed by atoms with Crippen LogP contribution in [0.25, 0.3) is 0 Å². The highest BCUT2D eigenvalue weighted by Gasteiger charge is 2.05. The van der Waals surface area contributed by atoms with Crippen LogP contribution >= 0.6 is 0 Å². The summed E-state index contributed by atoms with van der Waals surface area (Å²) in [6.07, 6.45) is 2.11. The fourth-order valence-corrected chi connectivity index (χ4v) is 1.34. The molecule has 2 nitrogen and oxygen atoms in total. The Labute approximate surface area is 76.5 Å². The van der Waals surface area contributed by atoms with Gasteiger partial charge in [0.2, 0.25) is 0 Å². The second kappa shape index (κ2) is 3.56. The highest BCUT2D eigenvalue weighted by Crippen LogP contribution is 2.11. The molecular weight excluding hydrogens is 167 g/mol. The second-order valence-electron chi connectivity index (χ2n) is 3.06. The van der Waals surface area contributed by atoms with Gasteiger partial charge in [-0.1, -0.05) is 0 Å². The summed E-state index contributed by atoms with van der Waals surface area (Å²) in [5.41, 5.74) is 0.905. The third kappa shape index (κ3) is 2.05. The molecule has 1 heterocycles. The number of hydrogen-bond donors (Lipinski definition) is 1. The first kappa shape index (κ1) is 8.23. The molecule has 1 N–H and O–H groups in total. The molecule has 0 saturated heterocycles. The van der Waals surface area contributed by atoms with Gasteiger partial charge in [-0.05, 0) is 30.7 Å². The van der Waals surface area contributed by atoms with Crippen molar-refractivity contribution in [2.45, 2.75) is 12.8 Å². The zero-order chi connectivity index (χ0) is 9.10. The van der Waals surface area contributed by atoms with Crippen LogP contribution in [0.5, 0.6) is 0 Å². The number of rotatable bonds is 1. The Kier molecular flexibility index (Phi) is 2.25. The monoisotopic (exact) mass is 178 g/mol. The summed E-state index contributed by atoms with van der Waals surface area (Å²) in [4.78, 5) is 4.27. The van der Waals surface area contributed by atoms with Crippen LogP contribution in [0.3, 0.4) is 0 Å². The van der Waals surface area contributed by atoms with Gasteiger partial charge >= 0.3 is 0 Å². The van der Waals surface area contributed by atoms with Gasteiger partial charge in [-0.2, -0.15) is 0 Å². The lowest BCUT2D eigenvalue weighted by Gasteiger charge is -2.04. The molecule has 0 fully saturated rings. The number of aliphatic imine (C=N–C) groups is 1. The van der Waals surface area contributed by atoms with Crippen LogP contribution in [0.2, 0.25) is 0 Å². The molecule has 13 heavy (non-hydrogen) atoms. The van der Waals surface area contributed by atoms with E-state index in [1.54, 1.807) is 12.1 Å². The molecule has 0 radical (unpaired) electrons. The minimum absolute atomic E-state index is 0.209. The Balaban J connectivity index is 2.05. The fourth-order valence-electron chi connectivity index (χ4n) is 1.34. The van der Waals surface area contributed by atoms with Crippen molar-refractivity contribution in [3.05, 3.63) is 30.1 Å². The summed E-state index contributed by atoms with van der Waals surface area (Å²) in [5, 5.41) is 3.15. The van der Waals surface area contributed by atoms with Gasteiger partial charge < -0.3 is 5.32 Å². The van der Waals surface area contributed by atoms with Gasteiger partial charge in [0.1, 0.15) is 11.7 Å². The van der Waals surface area contributed by atoms with Crippen molar-refractivity contribution >= 4 is 11.5 Å². The van der Waals surface area contributed by atoms with E-state index in [1.807, 2.05) is 0 Å². The average molecular weight is 178 g/mol. The normalized spacial score (nSPS) is 15.6. The van der Waals surface area contributed by atoms with Gasteiger partial charge in [-0.3, -0.25) is 4.99 Å². The first-order chi connectivity index (χ1) is 6.34. The lowest BCUT2D eigenvalue weighted by atomic mass is 10.3. The second-order valence-corrected chi connectivity index (χ2v) is 3.06. The molecule has 0 aromatic heterocycles. The maximum absolute atomic E-state index is 12.5. The SMILES string of the molecule is Fc1ccc(NC2=NCCC2)cc1. The molecule has 1 aliphatic heterocycles. The summed E-state index contributed by atoms with van der Waals surface area (Å²) in [5.74, 6) is 0.797. The number of hydrogen-bond acceptors (Lipinski definition) is 2. The Bertz CT molecular complexity index is 316. The molecule has 1 aromatic rings. The van der Waals surface area contributed by atoms with Crippen LogP contribution in [0.1, 0.15) is 12.8 Å². The zero-order valence-electron chi connectivity index (χ0n) is 7.26. The van der Waals surface area contributed by atoms with Gasteiger partial charge in [0.05, 0.1) is 0 Å². The maximum Gasteiger partial charge on any atom is 0.123 e. The summed E-state index contributed by atoms with van der Waals surface area (Å²) in [6, 6.07) is 6.32. The van der Waals surface area contributed by atoms with Crippen molar-refractivity contribution < 1.29 is 4.39 Å². The summed E-state index contributed by atoms with van der Waals surface area (Å²) >= 11 is 0. The molecule has 68 valence electrons. The molecule has 0 spiro atoms. The van der Waals surface area contributed by atoms with Crippen LogP contribution < -0.4 is 5.32 Å². The number of nitrogens with zero attached hydrogens (tertiary/aromatic N) is 1. The molecule has 1 aliphatic rings. The van der Waals surface area contributed by atoms with E-state index in [-0.39, 0.29) is 5.82 Å². The quantitative estimate of drug-likeness (QED) is 0.701. The van der Waals surface area contributed by atoms with E-state index >= 15 is 0 Å². The van der Waals surface area contributed by atoms with Crippen molar-refractivity contribution in [3.8, 4) is 0 Å². The van der Waals surface area contributed by atoms with E-state index in [9.17, 15) is 4.39 Å². The Morgan fingerprint density at radius 3 is 2.62 bits per heavy atom. The molecule has 3 heteroatoms. The minimum Gasteiger partial charge on any atom is -0.344 e.